The number of nitrogens with one attached hydrogen (secondary N) is 2. The van der Waals surface area contributed by atoms with Crippen molar-refractivity contribution in [1.82, 2.24) is 10.3 Å². The standard InChI is InChI=1S/C21H18ClN3O3S/c1-2-27-17-5-3-4-14-10-18(28-19(14)17)16-12-29-21(24-16)25-20(26)23-11-13-6-8-15(22)9-7-13/h3-10,12H,2,11H2,1H3,(H2,23,24,25,26). The number of nitrogens with zero attached hydrogens (tertiary/aromatic N) is 1. The van der Waals surface area contributed by atoms with E-state index in [0.717, 1.165) is 10.9 Å². The summed E-state index contributed by atoms with van der Waals surface area (Å²) in [7, 11) is 0. The van der Waals surface area contributed by atoms with Crippen molar-refractivity contribution in [3.05, 3.63) is 64.5 Å². The zero-order chi connectivity index (χ0) is 20.2. The fourth-order valence-corrected chi connectivity index (χ4v) is 3.62. The Kier molecular flexibility index (Phi) is 5.69. The molecule has 0 saturated heterocycles. The zero-order valence-electron chi connectivity index (χ0n) is 15.6. The van der Waals surface area contributed by atoms with E-state index >= 15 is 0 Å². The molecule has 148 valence electrons. The molecule has 0 aliphatic rings. The molecule has 4 rings (SSSR count). The first-order valence-electron chi connectivity index (χ1n) is 9.03. The van der Waals surface area contributed by atoms with E-state index < -0.39 is 0 Å². The Morgan fingerprint density at radius 2 is 2.07 bits per heavy atom. The van der Waals surface area contributed by atoms with Gasteiger partial charge in [0.25, 0.3) is 0 Å². The second kappa shape index (κ2) is 8.55. The summed E-state index contributed by atoms with van der Waals surface area (Å²) in [5.74, 6) is 1.32. The van der Waals surface area contributed by atoms with Gasteiger partial charge < -0.3 is 14.5 Å². The van der Waals surface area contributed by atoms with Crippen LogP contribution in [0.5, 0.6) is 5.75 Å². The summed E-state index contributed by atoms with van der Waals surface area (Å²) in [5, 5.41) is 9.46. The number of hydrogen-bond acceptors (Lipinski definition) is 5. The van der Waals surface area contributed by atoms with Crippen LogP contribution < -0.4 is 15.4 Å². The van der Waals surface area contributed by atoms with Crippen LogP contribution >= 0.6 is 22.9 Å². The number of carbonyl (C=O) groups is 1. The number of ether oxygens (including phenoxy) is 1. The third-order valence-electron chi connectivity index (χ3n) is 4.15. The highest BCUT2D eigenvalue weighted by Crippen LogP contribution is 2.34. The summed E-state index contributed by atoms with van der Waals surface area (Å²) in [4.78, 5) is 16.6. The molecule has 0 spiro atoms. The maximum absolute atomic E-state index is 12.1. The number of rotatable bonds is 6. The van der Waals surface area contributed by atoms with Crippen molar-refractivity contribution in [1.29, 1.82) is 0 Å². The molecule has 6 nitrogen and oxygen atoms in total. The van der Waals surface area contributed by atoms with Gasteiger partial charge in [-0.25, -0.2) is 9.78 Å². The maximum atomic E-state index is 12.1. The Morgan fingerprint density at radius 1 is 1.24 bits per heavy atom. The van der Waals surface area contributed by atoms with E-state index in [1.54, 1.807) is 12.1 Å². The minimum atomic E-state index is -0.330. The van der Waals surface area contributed by atoms with Gasteiger partial charge in [0.1, 0.15) is 5.69 Å². The summed E-state index contributed by atoms with van der Waals surface area (Å²) in [6, 6.07) is 14.6. The molecule has 0 bridgehead atoms. The van der Waals surface area contributed by atoms with Crippen LogP contribution in [0.2, 0.25) is 5.02 Å². The largest absolute Gasteiger partial charge is 0.490 e. The van der Waals surface area contributed by atoms with E-state index in [2.05, 4.69) is 15.6 Å². The molecular formula is C21H18ClN3O3S. The van der Waals surface area contributed by atoms with Crippen molar-refractivity contribution in [2.75, 3.05) is 11.9 Å². The fraction of sp³-hybridized carbons (Fsp3) is 0.143. The van der Waals surface area contributed by atoms with E-state index in [9.17, 15) is 4.79 Å². The highest BCUT2D eigenvalue weighted by atomic mass is 35.5. The van der Waals surface area contributed by atoms with Gasteiger partial charge in [-0.1, -0.05) is 35.9 Å². The molecule has 2 N–H and O–H groups in total. The minimum absolute atomic E-state index is 0.330. The Balaban J connectivity index is 1.43. The molecule has 0 atom stereocenters. The summed E-state index contributed by atoms with van der Waals surface area (Å²) in [6.45, 7) is 2.88. The van der Waals surface area contributed by atoms with Gasteiger partial charge in [-0.3, -0.25) is 5.32 Å². The lowest BCUT2D eigenvalue weighted by atomic mass is 10.2. The van der Waals surface area contributed by atoms with Crippen LogP contribution in [0.4, 0.5) is 9.93 Å². The van der Waals surface area contributed by atoms with Crippen molar-refractivity contribution < 1.29 is 13.9 Å². The molecule has 0 fully saturated rings. The third kappa shape index (κ3) is 4.52. The average Bonchev–Trinajstić information content (AvgIpc) is 3.35. The van der Waals surface area contributed by atoms with Crippen LogP contribution in [-0.2, 0) is 6.54 Å². The topological polar surface area (TPSA) is 76.4 Å². The quantitative estimate of drug-likeness (QED) is 0.399. The molecule has 29 heavy (non-hydrogen) atoms. The van der Waals surface area contributed by atoms with Crippen molar-refractivity contribution in [2.24, 2.45) is 0 Å². The van der Waals surface area contributed by atoms with E-state index in [1.807, 2.05) is 48.7 Å². The molecule has 0 saturated carbocycles. The van der Waals surface area contributed by atoms with Crippen LogP contribution in [0.25, 0.3) is 22.4 Å². The van der Waals surface area contributed by atoms with E-state index in [4.69, 9.17) is 20.8 Å². The molecule has 0 aliphatic carbocycles. The van der Waals surface area contributed by atoms with Crippen LogP contribution in [0.3, 0.4) is 0 Å². The lowest BCUT2D eigenvalue weighted by molar-refractivity contribution is 0.251. The number of para-hydroxylation sites is 1. The van der Waals surface area contributed by atoms with Gasteiger partial charge in [-0.15, -0.1) is 11.3 Å². The van der Waals surface area contributed by atoms with Gasteiger partial charge in [0.05, 0.1) is 6.61 Å². The molecule has 0 aliphatic heterocycles. The monoisotopic (exact) mass is 427 g/mol. The number of urea groups is 1. The first-order chi connectivity index (χ1) is 14.1. The molecule has 2 amide bonds. The number of hydrogen-bond donors (Lipinski definition) is 2. The number of fused-ring (bicyclic) bond motifs is 1. The van der Waals surface area contributed by atoms with E-state index in [1.165, 1.54) is 11.3 Å². The number of furan rings is 1. The van der Waals surface area contributed by atoms with Gasteiger partial charge in [0.15, 0.2) is 22.2 Å². The smallest absolute Gasteiger partial charge is 0.321 e. The van der Waals surface area contributed by atoms with Gasteiger partial charge in [0.2, 0.25) is 0 Å². The molecule has 8 heteroatoms. The predicted octanol–water partition coefficient (Wildman–Crippen LogP) is 5.93. The zero-order valence-corrected chi connectivity index (χ0v) is 17.1. The second-order valence-corrected chi connectivity index (χ2v) is 7.48. The Morgan fingerprint density at radius 3 is 2.86 bits per heavy atom. The van der Waals surface area contributed by atoms with Crippen molar-refractivity contribution in [3.63, 3.8) is 0 Å². The predicted molar refractivity (Wildman–Crippen MR) is 116 cm³/mol. The molecule has 2 aromatic heterocycles. The van der Waals surface area contributed by atoms with Crippen LogP contribution in [0.1, 0.15) is 12.5 Å². The lowest BCUT2D eigenvalue weighted by Crippen LogP contribution is -2.28. The van der Waals surface area contributed by atoms with E-state index in [0.29, 0.717) is 46.1 Å². The minimum Gasteiger partial charge on any atom is -0.490 e. The molecular weight excluding hydrogens is 410 g/mol. The van der Waals surface area contributed by atoms with Crippen LogP contribution in [0.15, 0.2) is 58.3 Å². The Labute approximate surface area is 176 Å². The van der Waals surface area contributed by atoms with Crippen molar-refractivity contribution >= 4 is 45.1 Å². The number of halogens is 1. The fourth-order valence-electron chi connectivity index (χ4n) is 2.80. The molecule has 0 radical (unpaired) electrons. The van der Waals surface area contributed by atoms with Gasteiger partial charge in [0, 0.05) is 22.3 Å². The van der Waals surface area contributed by atoms with Gasteiger partial charge in [-0.2, -0.15) is 0 Å². The normalized spacial score (nSPS) is 10.8. The lowest BCUT2D eigenvalue weighted by Gasteiger charge is -2.05. The molecule has 2 heterocycles. The average molecular weight is 428 g/mol. The number of amides is 2. The number of anilines is 1. The number of aromatic nitrogens is 1. The highest BCUT2D eigenvalue weighted by molar-refractivity contribution is 7.14. The maximum Gasteiger partial charge on any atom is 0.321 e. The van der Waals surface area contributed by atoms with Gasteiger partial charge in [-0.05, 0) is 36.8 Å². The third-order valence-corrected chi connectivity index (χ3v) is 5.16. The SMILES string of the molecule is CCOc1cccc2cc(-c3csc(NC(=O)NCc4ccc(Cl)cc4)n3)oc12. The van der Waals surface area contributed by atoms with Crippen molar-refractivity contribution in [3.8, 4) is 17.2 Å². The summed E-state index contributed by atoms with van der Waals surface area (Å²) in [5.41, 5.74) is 2.30. The second-order valence-electron chi connectivity index (χ2n) is 6.19. The van der Waals surface area contributed by atoms with E-state index in [-0.39, 0.29) is 6.03 Å². The molecule has 0 unspecified atom stereocenters. The summed E-state index contributed by atoms with van der Waals surface area (Å²) < 4.78 is 11.6. The summed E-state index contributed by atoms with van der Waals surface area (Å²) >= 11 is 7.19. The molecule has 4 aromatic rings. The number of benzene rings is 2. The summed E-state index contributed by atoms with van der Waals surface area (Å²) in [6.07, 6.45) is 0. The van der Waals surface area contributed by atoms with Gasteiger partial charge >= 0.3 is 6.03 Å². The first-order valence-corrected chi connectivity index (χ1v) is 10.3. The highest BCUT2D eigenvalue weighted by Gasteiger charge is 2.14. The Hall–Kier alpha value is -3.03. The number of carbonyl (C=O) groups excluding carboxylic acids is 1. The van der Waals surface area contributed by atoms with Crippen LogP contribution in [-0.4, -0.2) is 17.6 Å². The number of thiazole rings is 1. The Bertz CT molecular complexity index is 1140. The molecule has 2 aromatic carbocycles. The van der Waals surface area contributed by atoms with Crippen molar-refractivity contribution in [2.45, 2.75) is 13.5 Å². The first kappa shape index (κ1) is 19.3. The van der Waals surface area contributed by atoms with Crippen LogP contribution in [0, 0.1) is 0 Å².